The van der Waals surface area contributed by atoms with Crippen LogP contribution in [-0.2, 0) is 17.9 Å². The first-order chi connectivity index (χ1) is 10.4. The summed E-state index contributed by atoms with van der Waals surface area (Å²) in [5.41, 5.74) is 0.598. The summed E-state index contributed by atoms with van der Waals surface area (Å²) in [6, 6.07) is 14.8. The van der Waals surface area contributed by atoms with Crippen LogP contribution >= 0.6 is 0 Å². The van der Waals surface area contributed by atoms with E-state index in [-0.39, 0.29) is 23.6 Å². The molecule has 0 radical (unpaired) electrons. The standard InChI is InChI=1S/C18H22N2O2/c1-18(2,3)20(13-15-9-5-4-6-10-15)17(22)14-19-12-8-7-11-16(19)21/h4-12H,13-14H2,1-3H3. The zero-order chi connectivity index (χ0) is 16.2. The van der Waals surface area contributed by atoms with Gasteiger partial charge in [0.2, 0.25) is 5.91 Å². The fraction of sp³-hybridized carbons (Fsp3) is 0.333. The predicted molar refractivity (Wildman–Crippen MR) is 87.4 cm³/mol. The van der Waals surface area contributed by atoms with E-state index in [0.29, 0.717) is 6.54 Å². The number of rotatable bonds is 4. The van der Waals surface area contributed by atoms with Gasteiger partial charge in [-0.1, -0.05) is 36.4 Å². The van der Waals surface area contributed by atoms with Crippen molar-refractivity contribution < 1.29 is 4.79 Å². The molecule has 2 aromatic rings. The van der Waals surface area contributed by atoms with Crippen molar-refractivity contribution in [1.29, 1.82) is 0 Å². The minimum absolute atomic E-state index is 0.0593. The Morgan fingerprint density at radius 2 is 1.68 bits per heavy atom. The van der Waals surface area contributed by atoms with E-state index >= 15 is 0 Å². The minimum atomic E-state index is -0.314. The molecule has 0 bridgehead atoms. The third kappa shape index (κ3) is 4.07. The summed E-state index contributed by atoms with van der Waals surface area (Å²) in [5.74, 6) is -0.0651. The van der Waals surface area contributed by atoms with Crippen LogP contribution in [-0.4, -0.2) is 20.9 Å². The van der Waals surface area contributed by atoms with Crippen molar-refractivity contribution in [2.24, 2.45) is 0 Å². The van der Waals surface area contributed by atoms with Gasteiger partial charge in [0.1, 0.15) is 6.54 Å². The molecular formula is C18H22N2O2. The Morgan fingerprint density at radius 3 is 2.27 bits per heavy atom. The normalized spacial score (nSPS) is 11.2. The number of hydrogen-bond donors (Lipinski definition) is 0. The molecule has 0 fully saturated rings. The zero-order valence-electron chi connectivity index (χ0n) is 13.3. The fourth-order valence-electron chi connectivity index (χ4n) is 2.29. The van der Waals surface area contributed by atoms with Gasteiger partial charge in [-0.2, -0.15) is 0 Å². The minimum Gasteiger partial charge on any atom is -0.332 e. The number of carbonyl (C=O) groups is 1. The summed E-state index contributed by atoms with van der Waals surface area (Å²) >= 11 is 0. The lowest BCUT2D eigenvalue weighted by Gasteiger charge is -2.36. The molecule has 4 heteroatoms. The van der Waals surface area contributed by atoms with Crippen LogP contribution in [0.1, 0.15) is 26.3 Å². The van der Waals surface area contributed by atoms with E-state index in [1.165, 1.54) is 10.6 Å². The van der Waals surface area contributed by atoms with Crippen molar-refractivity contribution >= 4 is 5.91 Å². The molecule has 0 atom stereocenters. The van der Waals surface area contributed by atoms with Crippen LogP contribution in [0.3, 0.4) is 0 Å². The Bertz CT molecular complexity index is 684. The topological polar surface area (TPSA) is 42.3 Å². The van der Waals surface area contributed by atoms with Crippen molar-refractivity contribution in [3.63, 3.8) is 0 Å². The Hall–Kier alpha value is -2.36. The molecule has 1 heterocycles. The average Bonchev–Trinajstić information content (AvgIpc) is 2.47. The molecule has 0 saturated carbocycles. The second-order valence-electron chi connectivity index (χ2n) is 6.30. The van der Waals surface area contributed by atoms with Crippen LogP contribution in [0.2, 0.25) is 0 Å². The van der Waals surface area contributed by atoms with Crippen molar-refractivity contribution in [3.05, 3.63) is 70.6 Å². The summed E-state index contributed by atoms with van der Waals surface area (Å²) in [6.07, 6.45) is 1.64. The van der Waals surface area contributed by atoms with Gasteiger partial charge in [-0.05, 0) is 32.4 Å². The molecule has 116 valence electrons. The van der Waals surface area contributed by atoms with Crippen LogP contribution in [0.4, 0.5) is 0 Å². The van der Waals surface area contributed by atoms with Crippen molar-refractivity contribution in [2.45, 2.75) is 39.4 Å². The van der Waals surface area contributed by atoms with Gasteiger partial charge in [0.25, 0.3) is 5.56 Å². The zero-order valence-corrected chi connectivity index (χ0v) is 13.3. The molecule has 1 aromatic heterocycles. The highest BCUT2D eigenvalue weighted by Gasteiger charge is 2.26. The van der Waals surface area contributed by atoms with Gasteiger partial charge in [-0.25, -0.2) is 0 Å². The van der Waals surface area contributed by atoms with E-state index in [2.05, 4.69) is 0 Å². The van der Waals surface area contributed by atoms with E-state index in [0.717, 1.165) is 5.56 Å². The number of carbonyl (C=O) groups excluding carboxylic acids is 1. The Labute approximate surface area is 131 Å². The molecule has 0 aliphatic rings. The molecule has 1 amide bonds. The van der Waals surface area contributed by atoms with Gasteiger partial charge < -0.3 is 9.47 Å². The molecule has 4 nitrogen and oxygen atoms in total. The average molecular weight is 298 g/mol. The number of benzene rings is 1. The molecule has 0 aliphatic heterocycles. The van der Waals surface area contributed by atoms with Gasteiger partial charge in [0, 0.05) is 24.3 Å². The van der Waals surface area contributed by atoms with Gasteiger partial charge in [-0.15, -0.1) is 0 Å². The quantitative estimate of drug-likeness (QED) is 0.871. The van der Waals surface area contributed by atoms with E-state index in [1.54, 1.807) is 18.3 Å². The van der Waals surface area contributed by atoms with Gasteiger partial charge in [0.05, 0.1) is 0 Å². The lowest BCUT2D eigenvalue weighted by Crippen LogP contribution is -2.47. The molecule has 0 saturated heterocycles. The molecule has 0 aliphatic carbocycles. The van der Waals surface area contributed by atoms with Gasteiger partial charge in [0.15, 0.2) is 0 Å². The maximum atomic E-state index is 12.7. The molecule has 0 unspecified atom stereocenters. The molecule has 1 aromatic carbocycles. The van der Waals surface area contributed by atoms with Crippen LogP contribution in [0, 0.1) is 0 Å². The second kappa shape index (κ2) is 6.60. The first-order valence-electron chi connectivity index (χ1n) is 7.38. The molecule has 0 spiro atoms. The molecule has 22 heavy (non-hydrogen) atoms. The lowest BCUT2D eigenvalue weighted by molar-refractivity contribution is -0.137. The monoisotopic (exact) mass is 298 g/mol. The first kappa shape index (κ1) is 16.0. The second-order valence-corrected chi connectivity index (χ2v) is 6.30. The largest absolute Gasteiger partial charge is 0.332 e. The Morgan fingerprint density at radius 1 is 1.05 bits per heavy atom. The number of amides is 1. The molecule has 2 rings (SSSR count). The van der Waals surface area contributed by atoms with Gasteiger partial charge in [-0.3, -0.25) is 9.59 Å². The highest BCUT2D eigenvalue weighted by molar-refractivity contribution is 5.76. The fourth-order valence-corrected chi connectivity index (χ4v) is 2.29. The first-order valence-corrected chi connectivity index (χ1v) is 7.38. The summed E-state index contributed by atoms with van der Waals surface area (Å²) < 4.78 is 1.44. The lowest BCUT2D eigenvalue weighted by atomic mass is 10.0. The van der Waals surface area contributed by atoms with Crippen molar-refractivity contribution in [1.82, 2.24) is 9.47 Å². The summed E-state index contributed by atoms with van der Waals surface area (Å²) in [7, 11) is 0. The van der Waals surface area contributed by atoms with Crippen LogP contribution < -0.4 is 5.56 Å². The number of aromatic nitrogens is 1. The van der Waals surface area contributed by atoms with Crippen LogP contribution in [0.15, 0.2) is 59.5 Å². The van der Waals surface area contributed by atoms with Crippen LogP contribution in [0.25, 0.3) is 0 Å². The maximum absolute atomic E-state index is 12.7. The van der Waals surface area contributed by atoms with Crippen molar-refractivity contribution in [2.75, 3.05) is 0 Å². The van der Waals surface area contributed by atoms with Crippen molar-refractivity contribution in [3.8, 4) is 0 Å². The number of hydrogen-bond acceptors (Lipinski definition) is 2. The highest BCUT2D eigenvalue weighted by atomic mass is 16.2. The predicted octanol–water partition coefficient (Wildman–Crippen LogP) is 2.68. The summed E-state index contributed by atoms with van der Waals surface area (Å²) in [6.45, 7) is 6.60. The van der Waals surface area contributed by atoms with E-state index in [1.807, 2.05) is 56.0 Å². The number of pyridine rings is 1. The molecule has 0 N–H and O–H groups in total. The molecular weight excluding hydrogens is 276 g/mol. The summed E-state index contributed by atoms with van der Waals surface area (Å²) in [5, 5.41) is 0. The van der Waals surface area contributed by atoms with Gasteiger partial charge >= 0.3 is 0 Å². The Kier molecular flexibility index (Phi) is 4.81. The maximum Gasteiger partial charge on any atom is 0.250 e. The number of nitrogens with zero attached hydrogens (tertiary/aromatic N) is 2. The SMILES string of the molecule is CC(C)(C)N(Cc1ccccc1)C(=O)Cn1ccccc1=O. The van der Waals surface area contributed by atoms with E-state index < -0.39 is 0 Å². The smallest absolute Gasteiger partial charge is 0.250 e. The third-order valence-corrected chi connectivity index (χ3v) is 3.50. The van der Waals surface area contributed by atoms with E-state index in [9.17, 15) is 9.59 Å². The third-order valence-electron chi connectivity index (χ3n) is 3.50. The van der Waals surface area contributed by atoms with E-state index in [4.69, 9.17) is 0 Å². The highest BCUT2D eigenvalue weighted by Crippen LogP contribution is 2.18. The van der Waals surface area contributed by atoms with Crippen LogP contribution in [0.5, 0.6) is 0 Å². The Balaban J connectivity index is 2.21. The summed E-state index contributed by atoms with van der Waals surface area (Å²) in [4.78, 5) is 26.3.